The minimum Gasteiger partial charge on any atom is -0.351 e. The van der Waals surface area contributed by atoms with E-state index in [4.69, 9.17) is 0 Å². The predicted octanol–water partition coefficient (Wildman–Crippen LogP) is 3.23. The number of carbonyl (C=O) groups is 1. The summed E-state index contributed by atoms with van der Waals surface area (Å²) in [6.07, 6.45) is 7.87. The fourth-order valence-corrected chi connectivity index (χ4v) is 2.73. The number of aromatic amines is 1. The standard InChI is InChI=1S/C15H25N3O/c1-11(2)13-10-14(18-17-13)15(19)16-9-5-8-12-6-3-4-7-12/h10-12H,3-9H2,1-2H3,(H,16,19)(H,17,18). The number of hydrogen-bond acceptors (Lipinski definition) is 2. The fourth-order valence-electron chi connectivity index (χ4n) is 2.73. The van der Waals surface area contributed by atoms with E-state index in [9.17, 15) is 4.79 Å². The number of aromatic nitrogens is 2. The normalized spacial score (nSPS) is 16.2. The molecule has 0 aliphatic heterocycles. The monoisotopic (exact) mass is 263 g/mol. The topological polar surface area (TPSA) is 57.8 Å². The quantitative estimate of drug-likeness (QED) is 0.774. The second-order valence-corrected chi connectivity index (χ2v) is 5.91. The number of nitrogens with one attached hydrogen (secondary N) is 2. The molecule has 2 N–H and O–H groups in total. The van der Waals surface area contributed by atoms with Crippen LogP contribution in [0.25, 0.3) is 0 Å². The van der Waals surface area contributed by atoms with Gasteiger partial charge in [0.2, 0.25) is 0 Å². The molecule has 4 nitrogen and oxygen atoms in total. The van der Waals surface area contributed by atoms with Crippen LogP contribution in [0.15, 0.2) is 6.07 Å². The first kappa shape index (κ1) is 14.1. The molecule has 1 aliphatic carbocycles. The van der Waals surface area contributed by atoms with E-state index in [-0.39, 0.29) is 5.91 Å². The smallest absolute Gasteiger partial charge is 0.271 e. The van der Waals surface area contributed by atoms with Crippen molar-refractivity contribution in [1.82, 2.24) is 15.5 Å². The van der Waals surface area contributed by atoms with Gasteiger partial charge in [0.15, 0.2) is 0 Å². The summed E-state index contributed by atoms with van der Waals surface area (Å²) in [4.78, 5) is 11.9. The number of H-pyrrole nitrogens is 1. The lowest BCUT2D eigenvalue weighted by Gasteiger charge is -2.08. The molecule has 1 saturated carbocycles. The van der Waals surface area contributed by atoms with E-state index < -0.39 is 0 Å². The van der Waals surface area contributed by atoms with E-state index in [2.05, 4.69) is 29.4 Å². The SMILES string of the molecule is CC(C)c1cc(C(=O)NCCCC2CCCC2)n[nH]1. The minimum absolute atomic E-state index is 0.0606. The van der Waals surface area contributed by atoms with E-state index in [1.54, 1.807) is 0 Å². The molecular formula is C15H25N3O. The first-order valence-corrected chi connectivity index (χ1v) is 7.50. The third-order valence-electron chi connectivity index (χ3n) is 4.00. The number of carbonyl (C=O) groups excluding carboxylic acids is 1. The second kappa shape index (κ2) is 6.73. The lowest BCUT2D eigenvalue weighted by atomic mass is 10.0. The highest BCUT2D eigenvalue weighted by Gasteiger charge is 2.15. The van der Waals surface area contributed by atoms with Gasteiger partial charge in [-0.3, -0.25) is 9.89 Å². The molecule has 4 heteroatoms. The van der Waals surface area contributed by atoms with Gasteiger partial charge in [-0.1, -0.05) is 39.5 Å². The summed E-state index contributed by atoms with van der Waals surface area (Å²) in [6.45, 7) is 4.92. The Morgan fingerprint density at radius 1 is 1.47 bits per heavy atom. The van der Waals surface area contributed by atoms with Crippen LogP contribution in [0.4, 0.5) is 0 Å². The molecule has 0 spiro atoms. The van der Waals surface area contributed by atoms with Crippen molar-refractivity contribution in [3.63, 3.8) is 0 Å². The average molecular weight is 263 g/mol. The number of hydrogen-bond donors (Lipinski definition) is 2. The van der Waals surface area contributed by atoms with Crippen LogP contribution in [0.1, 0.15) is 74.5 Å². The van der Waals surface area contributed by atoms with Gasteiger partial charge in [-0.05, 0) is 30.7 Å². The predicted molar refractivity (Wildman–Crippen MR) is 76.2 cm³/mol. The largest absolute Gasteiger partial charge is 0.351 e. The summed E-state index contributed by atoms with van der Waals surface area (Å²) in [5.74, 6) is 1.21. The van der Waals surface area contributed by atoms with Gasteiger partial charge >= 0.3 is 0 Å². The van der Waals surface area contributed by atoms with Crippen LogP contribution in [0.5, 0.6) is 0 Å². The van der Waals surface area contributed by atoms with Crippen molar-refractivity contribution in [1.29, 1.82) is 0 Å². The summed E-state index contributed by atoms with van der Waals surface area (Å²) >= 11 is 0. The van der Waals surface area contributed by atoms with Crippen LogP contribution < -0.4 is 5.32 Å². The van der Waals surface area contributed by atoms with Gasteiger partial charge in [-0.25, -0.2) is 0 Å². The Balaban J connectivity index is 1.68. The maximum Gasteiger partial charge on any atom is 0.271 e. The maximum absolute atomic E-state index is 11.9. The van der Waals surface area contributed by atoms with Crippen LogP contribution in [-0.4, -0.2) is 22.6 Å². The number of rotatable bonds is 6. The number of nitrogens with zero attached hydrogens (tertiary/aromatic N) is 1. The molecule has 106 valence electrons. The zero-order valence-electron chi connectivity index (χ0n) is 12.0. The van der Waals surface area contributed by atoms with Crippen molar-refractivity contribution < 1.29 is 4.79 Å². The Labute approximate surface area is 115 Å². The first-order valence-electron chi connectivity index (χ1n) is 7.50. The first-order chi connectivity index (χ1) is 9.16. The van der Waals surface area contributed by atoms with Crippen molar-refractivity contribution in [3.05, 3.63) is 17.5 Å². The summed E-state index contributed by atoms with van der Waals surface area (Å²) in [5, 5.41) is 9.92. The number of amides is 1. The highest BCUT2D eigenvalue weighted by molar-refractivity contribution is 5.92. The summed E-state index contributed by atoms with van der Waals surface area (Å²) in [6, 6.07) is 1.84. The Morgan fingerprint density at radius 3 is 2.84 bits per heavy atom. The van der Waals surface area contributed by atoms with E-state index in [0.717, 1.165) is 24.6 Å². The highest BCUT2D eigenvalue weighted by Crippen LogP contribution is 2.28. The van der Waals surface area contributed by atoms with Crippen molar-refractivity contribution in [2.24, 2.45) is 5.92 Å². The molecule has 1 aromatic rings. The molecule has 19 heavy (non-hydrogen) atoms. The summed E-state index contributed by atoms with van der Waals surface area (Å²) in [5.41, 5.74) is 1.51. The van der Waals surface area contributed by atoms with Crippen LogP contribution >= 0.6 is 0 Å². The molecule has 1 aliphatic rings. The second-order valence-electron chi connectivity index (χ2n) is 5.91. The highest BCUT2D eigenvalue weighted by atomic mass is 16.1. The third kappa shape index (κ3) is 4.08. The van der Waals surface area contributed by atoms with Gasteiger partial charge in [0, 0.05) is 12.2 Å². The summed E-state index contributed by atoms with van der Waals surface area (Å²) in [7, 11) is 0. The van der Waals surface area contributed by atoms with Crippen molar-refractivity contribution in [3.8, 4) is 0 Å². The Kier molecular flexibility index (Phi) is 5.00. The molecule has 0 radical (unpaired) electrons. The van der Waals surface area contributed by atoms with Crippen LogP contribution in [0.3, 0.4) is 0 Å². The van der Waals surface area contributed by atoms with Crippen LogP contribution in [0.2, 0.25) is 0 Å². The molecule has 0 bridgehead atoms. The van der Waals surface area contributed by atoms with Crippen molar-refractivity contribution in [2.45, 2.75) is 58.3 Å². The van der Waals surface area contributed by atoms with E-state index in [0.29, 0.717) is 11.6 Å². The minimum atomic E-state index is -0.0606. The average Bonchev–Trinajstić information content (AvgIpc) is 3.05. The summed E-state index contributed by atoms with van der Waals surface area (Å²) < 4.78 is 0. The van der Waals surface area contributed by atoms with E-state index >= 15 is 0 Å². The molecule has 2 rings (SSSR count). The molecule has 1 fully saturated rings. The molecule has 1 aromatic heterocycles. The fraction of sp³-hybridized carbons (Fsp3) is 0.733. The van der Waals surface area contributed by atoms with E-state index in [1.165, 1.54) is 32.1 Å². The zero-order chi connectivity index (χ0) is 13.7. The van der Waals surface area contributed by atoms with Gasteiger partial charge in [-0.2, -0.15) is 5.10 Å². The van der Waals surface area contributed by atoms with Gasteiger partial charge in [0.05, 0.1) is 0 Å². The molecule has 1 amide bonds. The lowest BCUT2D eigenvalue weighted by Crippen LogP contribution is -2.25. The maximum atomic E-state index is 11.9. The van der Waals surface area contributed by atoms with Crippen molar-refractivity contribution >= 4 is 5.91 Å². The van der Waals surface area contributed by atoms with E-state index in [1.807, 2.05) is 6.07 Å². The van der Waals surface area contributed by atoms with Crippen LogP contribution in [0, 0.1) is 5.92 Å². The zero-order valence-corrected chi connectivity index (χ0v) is 12.0. The Hall–Kier alpha value is -1.32. The van der Waals surface area contributed by atoms with Gasteiger partial charge in [0.25, 0.3) is 5.91 Å². The molecule has 1 heterocycles. The molecule has 0 atom stereocenters. The third-order valence-corrected chi connectivity index (χ3v) is 4.00. The molecule has 0 aromatic carbocycles. The molecule has 0 unspecified atom stereocenters. The van der Waals surface area contributed by atoms with Gasteiger partial charge < -0.3 is 5.32 Å². The molecule has 0 saturated heterocycles. The van der Waals surface area contributed by atoms with Crippen LogP contribution in [-0.2, 0) is 0 Å². The molecular weight excluding hydrogens is 238 g/mol. The Morgan fingerprint density at radius 2 is 2.21 bits per heavy atom. The Bertz CT molecular complexity index is 405. The van der Waals surface area contributed by atoms with Gasteiger partial charge in [-0.15, -0.1) is 0 Å². The van der Waals surface area contributed by atoms with Crippen molar-refractivity contribution in [2.75, 3.05) is 6.54 Å². The van der Waals surface area contributed by atoms with Gasteiger partial charge in [0.1, 0.15) is 5.69 Å². The lowest BCUT2D eigenvalue weighted by molar-refractivity contribution is 0.0947.